The van der Waals surface area contributed by atoms with Crippen molar-refractivity contribution in [3.8, 4) is 0 Å². The predicted octanol–water partition coefficient (Wildman–Crippen LogP) is 3.90. The lowest BCUT2D eigenvalue weighted by Crippen LogP contribution is -2.14. The van der Waals surface area contributed by atoms with Crippen LogP contribution in [0.1, 0.15) is 40.9 Å². The average Bonchev–Trinajstić information content (AvgIpc) is 2.79. The smallest absolute Gasteiger partial charge is 0.229 e. The van der Waals surface area contributed by atoms with Gasteiger partial charge in [0.25, 0.3) is 0 Å². The second-order valence-corrected chi connectivity index (χ2v) is 6.72. The molecule has 0 spiro atoms. The average molecular weight is 318 g/mol. The van der Waals surface area contributed by atoms with E-state index in [9.17, 15) is 4.79 Å². The summed E-state index contributed by atoms with van der Waals surface area (Å²) in [6.07, 6.45) is 0.346. The summed E-state index contributed by atoms with van der Waals surface area (Å²) in [5, 5.41) is 3.84. The number of aryl methyl sites for hydroxylation is 1. The molecule has 0 saturated heterocycles. The summed E-state index contributed by atoms with van der Waals surface area (Å²) in [7, 11) is 1.64. The fourth-order valence-corrected chi connectivity index (χ4v) is 3.18. The number of hydrogen-bond acceptors (Lipinski definition) is 4. The number of methoxy groups -OCH3 is 1. The Hall–Kier alpha value is -1.72. The van der Waals surface area contributed by atoms with E-state index < -0.39 is 0 Å². The molecule has 0 aliphatic heterocycles. The molecule has 1 aromatic carbocycles. The second-order valence-electron chi connectivity index (χ2n) is 5.55. The van der Waals surface area contributed by atoms with Crippen LogP contribution in [-0.4, -0.2) is 18.0 Å². The summed E-state index contributed by atoms with van der Waals surface area (Å²) in [4.78, 5) is 17.6. The number of ether oxygens (including phenoxy) is 1. The number of hydrogen-bond donors (Lipinski definition) is 1. The van der Waals surface area contributed by atoms with Crippen molar-refractivity contribution in [3.05, 3.63) is 45.4 Å². The zero-order valence-electron chi connectivity index (χ0n) is 13.5. The van der Waals surface area contributed by atoms with Gasteiger partial charge < -0.3 is 10.1 Å². The number of carbonyl (C=O) groups is 1. The van der Waals surface area contributed by atoms with E-state index >= 15 is 0 Å². The molecule has 0 aliphatic carbocycles. The lowest BCUT2D eigenvalue weighted by molar-refractivity contribution is -0.115. The SMILES string of the molecule is COCc1nc(C)c(CC(=O)Nc2ccc(C(C)C)cc2)s1. The molecule has 4 nitrogen and oxygen atoms in total. The fourth-order valence-electron chi connectivity index (χ4n) is 2.14. The Labute approximate surface area is 135 Å². The van der Waals surface area contributed by atoms with Crippen molar-refractivity contribution >= 4 is 22.9 Å². The molecule has 22 heavy (non-hydrogen) atoms. The van der Waals surface area contributed by atoms with Crippen LogP contribution < -0.4 is 5.32 Å². The van der Waals surface area contributed by atoms with Crippen LogP contribution in [0.5, 0.6) is 0 Å². The third-order valence-corrected chi connectivity index (χ3v) is 4.52. The summed E-state index contributed by atoms with van der Waals surface area (Å²) < 4.78 is 5.07. The van der Waals surface area contributed by atoms with E-state index in [2.05, 4.69) is 36.3 Å². The molecule has 2 rings (SSSR count). The Morgan fingerprint density at radius 2 is 2.00 bits per heavy atom. The van der Waals surface area contributed by atoms with Crippen molar-refractivity contribution < 1.29 is 9.53 Å². The summed E-state index contributed by atoms with van der Waals surface area (Å²) in [6.45, 7) is 6.72. The Kier molecular flexibility index (Phi) is 5.69. The van der Waals surface area contributed by atoms with E-state index in [1.165, 1.54) is 16.9 Å². The molecule has 0 radical (unpaired) electrons. The maximum Gasteiger partial charge on any atom is 0.229 e. The van der Waals surface area contributed by atoms with Crippen LogP contribution in [0.3, 0.4) is 0 Å². The number of nitrogens with one attached hydrogen (secondary N) is 1. The number of amides is 1. The van der Waals surface area contributed by atoms with Gasteiger partial charge in [-0.05, 0) is 30.5 Å². The first kappa shape index (κ1) is 16.6. The summed E-state index contributed by atoms with van der Waals surface area (Å²) in [5.41, 5.74) is 3.00. The van der Waals surface area contributed by atoms with Gasteiger partial charge in [-0.1, -0.05) is 26.0 Å². The maximum absolute atomic E-state index is 12.2. The second kappa shape index (κ2) is 7.51. The van der Waals surface area contributed by atoms with Crippen LogP contribution in [0.4, 0.5) is 5.69 Å². The van der Waals surface area contributed by atoms with E-state index in [4.69, 9.17) is 4.74 Å². The van der Waals surface area contributed by atoms with E-state index in [0.717, 1.165) is 21.3 Å². The summed E-state index contributed by atoms with van der Waals surface area (Å²) >= 11 is 1.53. The largest absolute Gasteiger partial charge is 0.378 e. The standard InChI is InChI=1S/C17H22N2O2S/c1-11(2)13-5-7-14(8-6-13)19-16(20)9-15-12(3)18-17(22-15)10-21-4/h5-8,11H,9-10H2,1-4H3,(H,19,20). The topological polar surface area (TPSA) is 51.2 Å². The van der Waals surface area contributed by atoms with Gasteiger partial charge in [0.1, 0.15) is 5.01 Å². The molecule has 0 bridgehead atoms. The Bertz CT molecular complexity index is 633. The van der Waals surface area contributed by atoms with Gasteiger partial charge in [-0.3, -0.25) is 4.79 Å². The number of nitrogens with zero attached hydrogens (tertiary/aromatic N) is 1. The number of anilines is 1. The molecule has 5 heteroatoms. The van der Waals surface area contributed by atoms with Gasteiger partial charge in [-0.2, -0.15) is 0 Å². The third-order valence-electron chi connectivity index (χ3n) is 3.39. The molecule has 0 saturated carbocycles. The first-order valence-electron chi connectivity index (χ1n) is 7.33. The number of aromatic nitrogens is 1. The van der Waals surface area contributed by atoms with Crippen LogP contribution in [0.2, 0.25) is 0 Å². The lowest BCUT2D eigenvalue weighted by atomic mass is 10.0. The van der Waals surface area contributed by atoms with Gasteiger partial charge in [0.2, 0.25) is 5.91 Å². The molecular formula is C17H22N2O2S. The molecule has 0 atom stereocenters. The van der Waals surface area contributed by atoms with E-state index in [1.807, 2.05) is 19.1 Å². The number of thiazole rings is 1. The van der Waals surface area contributed by atoms with E-state index in [-0.39, 0.29) is 5.91 Å². The normalized spacial score (nSPS) is 11.0. The maximum atomic E-state index is 12.2. The van der Waals surface area contributed by atoms with Crippen LogP contribution in [0.25, 0.3) is 0 Å². The van der Waals surface area contributed by atoms with Crippen molar-refractivity contribution in [3.63, 3.8) is 0 Å². The highest BCUT2D eigenvalue weighted by Gasteiger charge is 2.12. The highest BCUT2D eigenvalue weighted by molar-refractivity contribution is 7.11. The first-order chi connectivity index (χ1) is 10.5. The van der Waals surface area contributed by atoms with Crippen LogP contribution >= 0.6 is 11.3 Å². The molecule has 1 heterocycles. The minimum Gasteiger partial charge on any atom is -0.378 e. The quantitative estimate of drug-likeness (QED) is 0.878. The molecule has 2 aromatic rings. The van der Waals surface area contributed by atoms with Crippen LogP contribution in [0.15, 0.2) is 24.3 Å². The van der Waals surface area contributed by atoms with Crippen molar-refractivity contribution in [1.29, 1.82) is 0 Å². The number of rotatable bonds is 6. The minimum atomic E-state index is -0.0204. The predicted molar refractivity (Wildman–Crippen MR) is 90.4 cm³/mol. The van der Waals surface area contributed by atoms with E-state index in [0.29, 0.717) is 18.9 Å². The molecule has 118 valence electrons. The zero-order valence-corrected chi connectivity index (χ0v) is 14.3. The molecule has 0 aliphatic rings. The van der Waals surface area contributed by atoms with Gasteiger partial charge in [-0.15, -0.1) is 11.3 Å². The summed E-state index contributed by atoms with van der Waals surface area (Å²) in [5.74, 6) is 0.469. The lowest BCUT2D eigenvalue weighted by Gasteiger charge is -2.08. The Balaban J connectivity index is 1.97. The minimum absolute atomic E-state index is 0.0204. The molecular weight excluding hydrogens is 296 g/mol. The zero-order chi connectivity index (χ0) is 16.1. The van der Waals surface area contributed by atoms with Crippen LogP contribution in [0, 0.1) is 6.92 Å². The van der Waals surface area contributed by atoms with Crippen molar-refractivity contribution in [1.82, 2.24) is 4.98 Å². The van der Waals surface area contributed by atoms with Gasteiger partial charge in [0.15, 0.2) is 0 Å². The number of benzene rings is 1. The number of carbonyl (C=O) groups excluding carboxylic acids is 1. The third kappa shape index (κ3) is 4.39. The van der Waals surface area contributed by atoms with Crippen molar-refractivity contribution in [2.24, 2.45) is 0 Å². The van der Waals surface area contributed by atoms with Crippen molar-refractivity contribution in [2.45, 2.75) is 39.7 Å². The molecule has 1 amide bonds. The highest BCUT2D eigenvalue weighted by Crippen LogP contribution is 2.21. The van der Waals surface area contributed by atoms with Crippen molar-refractivity contribution in [2.75, 3.05) is 12.4 Å². The van der Waals surface area contributed by atoms with Gasteiger partial charge in [0.05, 0.1) is 18.7 Å². The summed E-state index contributed by atoms with van der Waals surface area (Å²) in [6, 6.07) is 8.00. The fraction of sp³-hybridized carbons (Fsp3) is 0.412. The highest BCUT2D eigenvalue weighted by atomic mass is 32.1. The molecule has 1 aromatic heterocycles. The monoisotopic (exact) mass is 318 g/mol. The van der Waals surface area contributed by atoms with Gasteiger partial charge in [-0.25, -0.2) is 4.98 Å². The first-order valence-corrected chi connectivity index (χ1v) is 8.15. The molecule has 0 unspecified atom stereocenters. The molecule has 0 fully saturated rings. The van der Waals surface area contributed by atoms with Gasteiger partial charge in [0, 0.05) is 17.7 Å². The Morgan fingerprint density at radius 1 is 1.32 bits per heavy atom. The van der Waals surface area contributed by atoms with Gasteiger partial charge >= 0.3 is 0 Å². The molecule has 1 N–H and O–H groups in total. The Morgan fingerprint density at radius 3 is 2.59 bits per heavy atom. The van der Waals surface area contributed by atoms with Crippen LogP contribution in [-0.2, 0) is 22.6 Å². The van der Waals surface area contributed by atoms with E-state index in [1.54, 1.807) is 7.11 Å².